The molecule has 0 spiro atoms. The number of rotatable bonds is 7. The van der Waals surface area contributed by atoms with Gasteiger partial charge in [-0.3, -0.25) is 4.79 Å². The Morgan fingerprint density at radius 1 is 1.25 bits per heavy atom. The SMILES string of the molecule is CCNc1nc(N[C@H]2CCN(C(C)=O)C[C@H]2F)nn2ccc(-c3ccc4nnn(CC(F)F)c4n3)c12. The fraction of sp³-hybridized carbons (Fsp3) is 0.455. The van der Waals surface area contributed by atoms with Crippen molar-refractivity contribution in [3.8, 4) is 11.3 Å². The summed E-state index contributed by atoms with van der Waals surface area (Å²) in [5.74, 6) is 0.600. The third-order valence-corrected chi connectivity index (χ3v) is 6.10. The van der Waals surface area contributed by atoms with Crippen LogP contribution in [0.15, 0.2) is 24.4 Å². The normalized spacial score (nSPS) is 18.3. The Morgan fingerprint density at radius 2 is 2.08 bits per heavy atom. The first-order chi connectivity index (χ1) is 17.3. The van der Waals surface area contributed by atoms with Crippen LogP contribution in [-0.2, 0) is 11.3 Å². The number of nitrogens with zero attached hydrogens (tertiary/aromatic N) is 8. The highest BCUT2D eigenvalue weighted by Gasteiger charge is 2.31. The quantitative estimate of drug-likeness (QED) is 0.396. The van der Waals surface area contributed by atoms with Crippen LogP contribution in [-0.4, -0.2) is 83.7 Å². The number of hydrogen-bond acceptors (Lipinski definition) is 8. The van der Waals surface area contributed by atoms with Crippen molar-refractivity contribution in [1.29, 1.82) is 0 Å². The van der Waals surface area contributed by atoms with E-state index < -0.39 is 25.2 Å². The van der Waals surface area contributed by atoms with E-state index in [0.717, 1.165) is 4.68 Å². The van der Waals surface area contributed by atoms with Crippen molar-refractivity contribution in [2.75, 3.05) is 30.3 Å². The van der Waals surface area contributed by atoms with Crippen LogP contribution in [0.1, 0.15) is 20.3 Å². The summed E-state index contributed by atoms with van der Waals surface area (Å²) < 4.78 is 43.3. The predicted octanol–water partition coefficient (Wildman–Crippen LogP) is 2.60. The second-order valence-corrected chi connectivity index (χ2v) is 8.56. The molecule has 14 heteroatoms. The van der Waals surface area contributed by atoms with Crippen LogP contribution in [0.2, 0.25) is 0 Å². The molecule has 190 valence electrons. The number of nitrogens with one attached hydrogen (secondary N) is 2. The number of aromatic nitrogens is 7. The Labute approximate surface area is 203 Å². The molecule has 36 heavy (non-hydrogen) atoms. The number of halogens is 3. The lowest BCUT2D eigenvalue weighted by molar-refractivity contribution is -0.131. The van der Waals surface area contributed by atoms with Crippen LogP contribution < -0.4 is 10.6 Å². The maximum atomic E-state index is 14.7. The number of pyridine rings is 1. The van der Waals surface area contributed by atoms with Gasteiger partial charge in [-0.2, -0.15) is 4.98 Å². The van der Waals surface area contributed by atoms with Gasteiger partial charge in [-0.05, 0) is 31.5 Å². The minimum absolute atomic E-state index is 0.0220. The lowest BCUT2D eigenvalue weighted by atomic mass is 10.0. The van der Waals surface area contributed by atoms with Crippen molar-refractivity contribution >= 4 is 34.4 Å². The molecular weight excluding hydrogens is 477 g/mol. The summed E-state index contributed by atoms with van der Waals surface area (Å²) in [7, 11) is 0. The number of fused-ring (bicyclic) bond motifs is 2. The first-order valence-corrected chi connectivity index (χ1v) is 11.6. The summed E-state index contributed by atoms with van der Waals surface area (Å²) in [4.78, 5) is 22.2. The number of piperidine rings is 1. The number of carbonyl (C=O) groups is 1. The molecule has 0 radical (unpaired) electrons. The van der Waals surface area contributed by atoms with Gasteiger partial charge in [-0.25, -0.2) is 27.4 Å². The van der Waals surface area contributed by atoms with Crippen LogP contribution >= 0.6 is 0 Å². The molecule has 11 nitrogen and oxygen atoms in total. The minimum atomic E-state index is -2.59. The zero-order valence-corrected chi connectivity index (χ0v) is 19.7. The second-order valence-electron chi connectivity index (χ2n) is 8.56. The standard InChI is InChI=1S/C22H25F3N10O/c1-3-26-20-19-13(15-4-5-17-21(27-15)35(32-30-17)11-18(24)25)6-9-34(19)31-22(29-20)28-16-7-8-33(12(2)36)10-14(16)23/h4-6,9,14,16,18H,3,7-8,10-11H2,1-2H3,(H2,26,28,29,31)/t14-,16+/m1/s1. The molecule has 1 aliphatic rings. The predicted molar refractivity (Wildman–Crippen MR) is 127 cm³/mol. The summed E-state index contributed by atoms with van der Waals surface area (Å²) in [6, 6.07) is 4.67. The Balaban J connectivity index is 1.49. The van der Waals surface area contributed by atoms with Crippen molar-refractivity contribution < 1.29 is 18.0 Å². The smallest absolute Gasteiger partial charge is 0.258 e. The summed E-state index contributed by atoms with van der Waals surface area (Å²) >= 11 is 0. The average Bonchev–Trinajstić information content (AvgIpc) is 3.44. The van der Waals surface area contributed by atoms with Crippen LogP contribution in [0.25, 0.3) is 27.9 Å². The van der Waals surface area contributed by atoms with Crippen LogP contribution in [0.4, 0.5) is 24.9 Å². The van der Waals surface area contributed by atoms with Crippen molar-refractivity contribution in [2.24, 2.45) is 0 Å². The van der Waals surface area contributed by atoms with Gasteiger partial charge < -0.3 is 15.5 Å². The van der Waals surface area contributed by atoms with Crippen molar-refractivity contribution in [1.82, 2.24) is 39.5 Å². The summed E-state index contributed by atoms with van der Waals surface area (Å²) in [6.07, 6.45) is -1.69. The van der Waals surface area contributed by atoms with Gasteiger partial charge in [-0.1, -0.05) is 5.21 Å². The molecule has 2 N–H and O–H groups in total. The van der Waals surface area contributed by atoms with E-state index in [0.29, 0.717) is 47.6 Å². The largest absolute Gasteiger partial charge is 0.368 e. The van der Waals surface area contributed by atoms with Gasteiger partial charge in [0.15, 0.2) is 11.5 Å². The van der Waals surface area contributed by atoms with Gasteiger partial charge in [0.1, 0.15) is 23.7 Å². The number of anilines is 2. The molecule has 1 saturated heterocycles. The highest BCUT2D eigenvalue weighted by Crippen LogP contribution is 2.30. The van der Waals surface area contributed by atoms with Crippen LogP contribution in [0.5, 0.6) is 0 Å². The Bertz CT molecular complexity index is 1400. The number of likely N-dealkylation sites (tertiary alicyclic amines) is 1. The molecule has 0 unspecified atom stereocenters. The van der Waals surface area contributed by atoms with E-state index in [1.165, 1.54) is 11.8 Å². The monoisotopic (exact) mass is 502 g/mol. The average molecular weight is 503 g/mol. The first kappa shape index (κ1) is 23.8. The summed E-state index contributed by atoms with van der Waals surface area (Å²) in [6.45, 7) is 3.78. The minimum Gasteiger partial charge on any atom is -0.368 e. The van der Waals surface area contributed by atoms with Crippen molar-refractivity contribution in [2.45, 2.75) is 45.5 Å². The summed E-state index contributed by atoms with van der Waals surface area (Å²) in [5, 5.41) is 18.5. The lowest BCUT2D eigenvalue weighted by Crippen LogP contribution is -2.49. The zero-order chi connectivity index (χ0) is 25.4. The highest BCUT2D eigenvalue weighted by molar-refractivity contribution is 5.89. The Morgan fingerprint density at radius 3 is 2.81 bits per heavy atom. The molecule has 1 aliphatic heterocycles. The Kier molecular flexibility index (Phi) is 6.33. The molecule has 1 fully saturated rings. The molecule has 0 bridgehead atoms. The van der Waals surface area contributed by atoms with E-state index in [1.54, 1.807) is 28.9 Å². The van der Waals surface area contributed by atoms with Crippen LogP contribution in [0, 0.1) is 0 Å². The van der Waals surface area contributed by atoms with Crippen molar-refractivity contribution in [3.63, 3.8) is 0 Å². The first-order valence-electron chi connectivity index (χ1n) is 11.6. The molecule has 5 rings (SSSR count). The molecule has 0 aromatic carbocycles. The number of hydrogen-bond donors (Lipinski definition) is 2. The van der Waals surface area contributed by atoms with E-state index in [1.807, 2.05) is 6.92 Å². The van der Waals surface area contributed by atoms with E-state index in [9.17, 15) is 18.0 Å². The fourth-order valence-corrected chi connectivity index (χ4v) is 4.36. The molecule has 4 aromatic heterocycles. The van der Waals surface area contributed by atoms with E-state index in [4.69, 9.17) is 0 Å². The Hall–Kier alpha value is -3.97. The van der Waals surface area contributed by atoms with Crippen LogP contribution in [0.3, 0.4) is 0 Å². The maximum absolute atomic E-state index is 14.7. The van der Waals surface area contributed by atoms with Crippen molar-refractivity contribution in [3.05, 3.63) is 24.4 Å². The molecule has 1 amide bonds. The van der Waals surface area contributed by atoms with Gasteiger partial charge in [0.2, 0.25) is 11.9 Å². The third-order valence-electron chi connectivity index (χ3n) is 6.10. The maximum Gasteiger partial charge on any atom is 0.258 e. The molecule has 2 atom stereocenters. The highest BCUT2D eigenvalue weighted by atomic mass is 19.3. The van der Waals surface area contributed by atoms with Gasteiger partial charge in [0.05, 0.1) is 18.3 Å². The topological polar surface area (TPSA) is 118 Å². The third kappa shape index (κ3) is 4.50. The zero-order valence-electron chi connectivity index (χ0n) is 19.7. The molecule has 4 aromatic rings. The molecule has 5 heterocycles. The van der Waals surface area contributed by atoms with Gasteiger partial charge >= 0.3 is 0 Å². The number of alkyl halides is 3. The molecular formula is C22H25F3N10O. The molecule has 0 aliphatic carbocycles. The van der Waals surface area contributed by atoms with Gasteiger partial charge in [-0.15, -0.1) is 10.2 Å². The number of amides is 1. The second kappa shape index (κ2) is 9.59. The van der Waals surface area contributed by atoms with Gasteiger partial charge in [0.25, 0.3) is 6.43 Å². The number of carbonyl (C=O) groups excluding carboxylic acids is 1. The van der Waals surface area contributed by atoms with E-state index >= 15 is 0 Å². The fourth-order valence-electron chi connectivity index (χ4n) is 4.36. The summed E-state index contributed by atoms with van der Waals surface area (Å²) in [5.41, 5.74) is 2.50. The molecule has 0 saturated carbocycles. The van der Waals surface area contributed by atoms with E-state index in [2.05, 4.69) is 36.0 Å². The van der Waals surface area contributed by atoms with Gasteiger partial charge in [0, 0.05) is 31.8 Å². The lowest BCUT2D eigenvalue weighted by Gasteiger charge is -2.34. The van der Waals surface area contributed by atoms with E-state index in [-0.39, 0.29) is 24.0 Å².